The highest BCUT2D eigenvalue weighted by Crippen LogP contribution is 2.36. The number of alkyl halides is 3. The lowest BCUT2D eigenvalue weighted by Crippen LogP contribution is -2.54. The molecule has 0 radical (unpaired) electrons. The van der Waals surface area contributed by atoms with E-state index in [4.69, 9.17) is 9.26 Å². The molecule has 5 heterocycles. The maximum Gasteiger partial charge on any atom is 0.408 e. The van der Waals surface area contributed by atoms with Gasteiger partial charge in [0.1, 0.15) is 17.6 Å². The molecule has 9 nitrogen and oxygen atoms in total. The SMILES string of the molecule is Cc1noc(C)c1C(=O)CN1c2nc(N3CC4CC3CO4)cc(=O)n2CCC1C(F)(F)F. The van der Waals surface area contributed by atoms with Crippen molar-refractivity contribution in [3.05, 3.63) is 33.4 Å². The summed E-state index contributed by atoms with van der Waals surface area (Å²) in [5, 5.41) is 3.72. The van der Waals surface area contributed by atoms with E-state index in [0.717, 1.165) is 11.3 Å². The quantitative estimate of drug-likeness (QED) is 0.648. The normalized spacial score (nSPS) is 24.8. The van der Waals surface area contributed by atoms with Gasteiger partial charge in [-0.05, 0) is 26.7 Å². The minimum Gasteiger partial charge on any atom is -0.374 e. The molecule has 0 saturated carbocycles. The van der Waals surface area contributed by atoms with Gasteiger partial charge < -0.3 is 19.1 Å². The fourth-order valence-electron chi connectivity index (χ4n) is 4.92. The number of hydrogen-bond acceptors (Lipinski definition) is 8. The number of morpholine rings is 1. The van der Waals surface area contributed by atoms with Gasteiger partial charge in [0.2, 0.25) is 5.95 Å². The largest absolute Gasteiger partial charge is 0.408 e. The summed E-state index contributed by atoms with van der Waals surface area (Å²) in [4.78, 5) is 33.1. The highest BCUT2D eigenvalue weighted by molar-refractivity contribution is 6.00. The predicted molar refractivity (Wildman–Crippen MR) is 106 cm³/mol. The average molecular weight is 453 g/mol. The van der Waals surface area contributed by atoms with Crippen molar-refractivity contribution in [3.63, 3.8) is 0 Å². The van der Waals surface area contributed by atoms with Crippen molar-refractivity contribution in [3.8, 4) is 0 Å². The lowest BCUT2D eigenvalue weighted by atomic mass is 10.1. The zero-order chi connectivity index (χ0) is 22.8. The number of fused-ring (bicyclic) bond motifs is 3. The van der Waals surface area contributed by atoms with E-state index in [1.807, 2.05) is 4.90 Å². The van der Waals surface area contributed by atoms with Crippen LogP contribution in [0.15, 0.2) is 15.4 Å². The monoisotopic (exact) mass is 453 g/mol. The van der Waals surface area contributed by atoms with Crippen molar-refractivity contribution in [1.29, 1.82) is 0 Å². The summed E-state index contributed by atoms with van der Waals surface area (Å²) in [6, 6.07) is -0.548. The van der Waals surface area contributed by atoms with E-state index in [1.54, 1.807) is 6.92 Å². The van der Waals surface area contributed by atoms with Crippen LogP contribution in [0.5, 0.6) is 0 Å². The molecule has 172 valence electrons. The smallest absolute Gasteiger partial charge is 0.374 e. The number of ketones is 1. The van der Waals surface area contributed by atoms with Crippen LogP contribution < -0.4 is 15.4 Å². The number of ether oxygens (including phenoxy) is 1. The molecular formula is C20H22F3N5O4. The molecule has 12 heteroatoms. The third-order valence-corrected chi connectivity index (χ3v) is 6.43. The second-order valence-electron chi connectivity index (χ2n) is 8.50. The summed E-state index contributed by atoms with van der Waals surface area (Å²) in [7, 11) is 0. The van der Waals surface area contributed by atoms with Crippen molar-refractivity contribution < 1.29 is 27.2 Å². The Kier molecular flexibility index (Phi) is 4.80. The van der Waals surface area contributed by atoms with E-state index < -0.39 is 30.1 Å². The molecular weight excluding hydrogens is 431 g/mol. The zero-order valence-corrected chi connectivity index (χ0v) is 17.6. The van der Waals surface area contributed by atoms with Crippen LogP contribution in [0.4, 0.5) is 24.9 Å². The molecule has 32 heavy (non-hydrogen) atoms. The molecule has 3 unspecified atom stereocenters. The van der Waals surface area contributed by atoms with E-state index in [2.05, 4.69) is 10.1 Å². The second-order valence-corrected chi connectivity index (χ2v) is 8.50. The Balaban J connectivity index is 1.56. The third-order valence-electron chi connectivity index (χ3n) is 6.43. The first-order valence-corrected chi connectivity index (χ1v) is 10.4. The number of anilines is 2. The van der Waals surface area contributed by atoms with Crippen molar-refractivity contribution in [2.75, 3.05) is 29.5 Å². The Morgan fingerprint density at radius 3 is 2.69 bits per heavy atom. The van der Waals surface area contributed by atoms with Gasteiger partial charge in [0.15, 0.2) is 5.78 Å². The first-order chi connectivity index (χ1) is 15.1. The van der Waals surface area contributed by atoms with Crippen LogP contribution >= 0.6 is 0 Å². The first-order valence-electron chi connectivity index (χ1n) is 10.4. The van der Waals surface area contributed by atoms with E-state index >= 15 is 0 Å². The molecule has 3 aliphatic heterocycles. The second kappa shape index (κ2) is 7.32. The van der Waals surface area contributed by atoms with Crippen LogP contribution in [0, 0.1) is 13.8 Å². The molecule has 2 aromatic rings. The van der Waals surface area contributed by atoms with Crippen LogP contribution in [0.3, 0.4) is 0 Å². The van der Waals surface area contributed by atoms with E-state index in [1.165, 1.54) is 17.6 Å². The number of aromatic nitrogens is 3. The van der Waals surface area contributed by atoms with Crippen LogP contribution in [0.1, 0.15) is 34.7 Å². The Hall–Kier alpha value is -2.89. The summed E-state index contributed by atoms with van der Waals surface area (Å²) < 4.78 is 53.6. The lowest BCUT2D eigenvalue weighted by Gasteiger charge is -2.39. The molecule has 2 fully saturated rings. The fraction of sp³-hybridized carbons (Fsp3) is 0.600. The van der Waals surface area contributed by atoms with Gasteiger partial charge >= 0.3 is 6.18 Å². The maximum absolute atomic E-state index is 13.9. The highest BCUT2D eigenvalue weighted by atomic mass is 19.4. The molecule has 0 N–H and O–H groups in total. The molecule has 2 bridgehead atoms. The summed E-state index contributed by atoms with van der Waals surface area (Å²) >= 11 is 0. The summed E-state index contributed by atoms with van der Waals surface area (Å²) in [6.07, 6.45) is -4.13. The van der Waals surface area contributed by atoms with Gasteiger partial charge in [-0.1, -0.05) is 5.16 Å². The van der Waals surface area contributed by atoms with E-state index in [9.17, 15) is 22.8 Å². The van der Waals surface area contributed by atoms with Gasteiger partial charge in [0, 0.05) is 19.2 Å². The molecule has 2 saturated heterocycles. The van der Waals surface area contributed by atoms with E-state index in [-0.39, 0.29) is 42.4 Å². The molecule has 0 amide bonds. The molecule has 0 aromatic carbocycles. The van der Waals surface area contributed by atoms with Gasteiger partial charge in [-0.15, -0.1) is 0 Å². The van der Waals surface area contributed by atoms with Gasteiger partial charge in [0.05, 0.1) is 36.6 Å². The first kappa shape index (κ1) is 21.0. The number of Topliss-reactive ketones (excluding diaryl/α,β-unsaturated/α-hetero) is 1. The molecule has 0 spiro atoms. The molecule has 3 atom stereocenters. The predicted octanol–water partition coefficient (Wildman–Crippen LogP) is 1.85. The number of carbonyl (C=O) groups is 1. The minimum absolute atomic E-state index is 0.0285. The number of hydrogen-bond donors (Lipinski definition) is 0. The number of halogens is 3. The van der Waals surface area contributed by atoms with Gasteiger partial charge in [-0.2, -0.15) is 18.2 Å². The number of aryl methyl sites for hydroxylation is 2. The fourth-order valence-corrected chi connectivity index (χ4v) is 4.92. The van der Waals surface area contributed by atoms with E-state index in [0.29, 0.717) is 24.7 Å². The molecule has 5 rings (SSSR count). The standard InChI is InChI=1S/C20H22F3N5O4/c1-10-18(11(2)32-25-10)14(29)8-28-15(20(21,22)23)3-4-26-17(30)6-16(24-19(26)28)27-7-13-5-12(27)9-31-13/h6,12-13,15H,3-5,7-9H2,1-2H3. The van der Waals surface area contributed by atoms with Gasteiger partial charge in [0.25, 0.3) is 5.56 Å². The molecule has 0 aliphatic carbocycles. The van der Waals surface area contributed by atoms with Crippen LogP contribution in [0.2, 0.25) is 0 Å². The van der Waals surface area contributed by atoms with Crippen LogP contribution in [-0.2, 0) is 11.3 Å². The minimum atomic E-state index is -4.60. The Morgan fingerprint density at radius 2 is 2.09 bits per heavy atom. The van der Waals surface area contributed by atoms with Crippen molar-refractivity contribution >= 4 is 17.5 Å². The van der Waals surface area contributed by atoms with Crippen molar-refractivity contribution in [2.45, 2.75) is 57.6 Å². The lowest BCUT2D eigenvalue weighted by molar-refractivity contribution is -0.152. The number of carbonyl (C=O) groups excluding carboxylic acids is 1. The number of rotatable bonds is 4. The van der Waals surface area contributed by atoms with Crippen LogP contribution in [-0.4, -0.2) is 64.6 Å². The Morgan fingerprint density at radius 1 is 1.31 bits per heavy atom. The Bertz CT molecular complexity index is 1110. The summed E-state index contributed by atoms with van der Waals surface area (Å²) in [5.41, 5.74) is 0.0138. The average Bonchev–Trinajstić information content (AvgIpc) is 3.43. The molecule has 3 aliphatic rings. The summed E-state index contributed by atoms with van der Waals surface area (Å²) in [6.45, 7) is 3.38. The van der Waals surface area contributed by atoms with Crippen LogP contribution in [0.25, 0.3) is 0 Å². The van der Waals surface area contributed by atoms with Crippen molar-refractivity contribution in [1.82, 2.24) is 14.7 Å². The zero-order valence-electron chi connectivity index (χ0n) is 17.6. The van der Waals surface area contributed by atoms with Gasteiger partial charge in [-0.25, -0.2) is 0 Å². The third kappa shape index (κ3) is 3.37. The maximum atomic E-state index is 13.9. The topological polar surface area (TPSA) is 93.7 Å². The highest BCUT2D eigenvalue weighted by Gasteiger charge is 2.48. The number of nitrogens with zero attached hydrogens (tertiary/aromatic N) is 5. The summed E-state index contributed by atoms with van der Waals surface area (Å²) in [5.74, 6) is -0.169. The molecule has 2 aromatic heterocycles. The Labute approximate surface area is 180 Å². The van der Waals surface area contributed by atoms with Crippen molar-refractivity contribution in [2.24, 2.45) is 0 Å². The van der Waals surface area contributed by atoms with Gasteiger partial charge in [-0.3, -0.25) is 14.2 Å².